The van der Waals surface area contributed by atoms with E-state index in [1.807, 2.05) is 0 Å². The number of quaternary nitrogens is 1. The van der Waals surface area contributed by atoms with E-state index in [1.165, 1.54) is 25.5 Å². The first-order chi connectivity index (χ1) is 7.12. The third-order valence-corrected chi connectivity index (χ3v) is 4.84. The van der Waals surface area contributed by atoms with Crippen molar-refractivity contribution in [3.8, 4) is 0 Å². The van der Waals surface area contributed by atoms with Crippen LogP contribution in [-0.4, -0.2) is 18.5 Å². The fourth-order valence-electron chi connectivity index (χ4n) is 3.37. The second kappa shape index (κ2) is 5.35. The summed E-state index contributed by atoms with van der Waals surface area (Å²) in [5.41, 5.74) is 0. The lowest BCUT2D eigenvalue weighted by atomic mass is 9.40. The molecule has 0 aromatic rings. The predicted molar refractivity (Wildman–Crippen MR) is 69.1 cm³/mol. The van der Waals surface area contributed by atoms with Crippen LogP contribution in [-0.2, 0) is 0 Å². The van der Waals surface area contributed by atoms with E-state index in [-0.39, 0.29) is 6.42 Å². The van der Waals surface area contributed by atoms with E-state index in [9.17, 15) is 0 Å². The van der Waals surface area contributed by atoms with E-state index >= 15 is 0 Å². The van der Waals surface area contributed by atoms with Crippen LogP contribution in [0.1, 0.15) is 47.5 Å². The molecule has 3 atom stereocenters. The van der Waals surface area contributed by atoms with Crippen LogP contribution in [0.4, 0.5) is 0 Å². The molecule has 1 heterocycles. The van der Waals surface area contributed by atoms with Gasteiger partial charge in [0.1, 0.15) is 0 Å². The van der Waals surface area contributed by atoms with E-state index in [0.717, 1.165) is 18.0 Å². The smallest absolute Gasteiger partial charge is 0.273 e. The zero-order chi connectivity index (χ0) is 11.5. The van der Waals surface area contributed by atoms with Crippen molar-refractivity contribution in [1.29, 1.82) is 0 Å². The average molecular weight is 212 g/mol. The van der Waals surface area contributed by atoms with Crippen molar-refractivity contribution in [2.45, 2.75) is 72.2 Å². The molecule has 0 amide bonds. The van der Waals surface area contributed by atoms with Crippen LogP contribution in [0.5, 0.6) is 0 Å². The summed E-state index contributed by atoms with van der Waals surface area (Å²) in [4.78, 5) is 0. The van der Waals surface area contributed by atoms with Gasteiger partial charge >= 0.3 is 0 Å². The first-order valence-corrected chi connectivity index (χ1v) is 6.95. The summed E-state index contributed by atoms with van der Waals surface area (Å²) in [5.74, 6) is 0.813. The molecule has 0 radical (unpaired) electrons. The Hall–Kier alpha value is -0.0151. The highest BCUT2D eigenvalue weighted by Crippen LogP contribution is 2.20. The van der Waals surface area contributed by atoms with Crippen molar-refractivity contribution >= 4 is 6.42 Å². The van der Waals surface area contributed by atoms with Gasteiger partial charge in [0.15, 0.2) is 0 Å². The Bertz CT molecular complexity index is 176. The molecule has 0 bridgehead atoms. The van der Waals surface area contributed by atoms with Crippen molar-refractivity contribution in [3.63, 3.8) is 0 Å². The van der Waals surface area contributed by atoms with Crippen molar-refractivity contribution in [2.24, 2.45) is 5.92 Å². The Morgan fingerprint density at radius 2 is 1.67 bits per heavy atom. The summed E-state index contributed by atoms with van der Waals surface area (Å²) in [5, 5.41) is 6.60. The monoisotopic (exact) mass is 212 g/mol. The second-order valence-corrected chi connectivity index (χ2v) is 5.46. The van der Waals surface area contributed by atoms with Gasteiger partial charge in [0.2, 0.25) is 0 Å². The number of nitrogens with one attached hydrogen (secondary N) is 1. The molecule has 0 spiro atoms. The van der Waals surface area contributed by atoms with Gasteiger partial charge in [-0.2, -0.15) is 0 Å². The van der Waals surface area contributed by atoms with Gasteiger partial charge < -0.3 is 10.5 Å². The molecule has 1 aliphatic rings. The molecule has 0 aliphatic carbocycles. The minimum absolute atomic E-state index is 0.375. The Kier molecular flexibility index (Phi) is 4.66. The topological polar surface area (TPSA) is 28.6 Å². The molecule has 1 fully saturated rings. The fraction of sp³-hybridized carbons (Fsp3) is 1.00. The van der Waals surface area contributed by atoms with E-state index in [1.54, 1.807) is 0 Å². The normalized spacial score (nSPS) is 35.4. The van der Waals surface area contributed by atoms with Gasteiger partial charge in [0.05, 0.1) is 0 Å². The first kappa shape index (κ1) is 13.1. The molecule has 0 saturated carbocycles. The van der Waals surface area contributed by atoms with Gasteiger partial charge in [0, 0.05) is 12.0 Å². The highest BCUT2D eigenvalue weighted by molar-refractivity contribution is 6.68. The standard InChI is InChI=1S/C12H29BN2/c1-6-11-10(5)12(7-2)15-13(8-3,9-4)14-11/h10-12,14H,6-9,15H2,1-5H3. The lowest BCUT2D eigenvalue weighted by molar-refractivity contribution is -0.593. The quantitative estimate of drug-likeness (QED) is 0.684. The van der Waals surface area contributed by atoms with Crippen molar-refractivity contribution in [3.05, 3.63) is 0 Å². The summed E-state index contributed by atoms with van der Waals surface area (Å²) >= 11 is 0. The molecular formula is C12H29BN2. The second-order valence-electron chi connectivity index (χ2n) is 5.46. The number of nitrogens with two attached hydrogens (primary N) is 1. The molecule has 2 nitrogen and oxygen atoms in total. The van der Waals surface area contributed by atoms with Crippen molar-refractivity contribution in [1.82, 2.24) is 5.23 Å². The SMILES string of the molecule is CCC1N[B-](CC)(CC)[NH2+]C(CC)C1C. The zero-order valence-electron chi connectivity index (χ0n) is 11.2. The van der Waals surface area contributed by atoms with Crippen LogP contribution in [0.3, 0.4) is 0 Å². The van der Waals surface area contributed by atoms with Gasteiger partial charge in [-0.15, -0.1) is 12.6 Å². The molecule has 3 heteroatoms. The van der Waals surface area contributed by atoms with Crippen LogP contribution < -0.4 is 10.5 Å². The van der Waals surface area contributed by atoms with Crippen LogP contribution in [0.2, 0.25) is 12.6 Å². The Morgan fingerprint density at radius 1 is 1.07 bits per heavy atom. The van der Waals surface area contributed by atoms with Crippen LogP contribution in [0, 0.1) is 5.92 Å². The highest BCUT2D eigenvalue weighted by atomic mass is 15.1. The average Bonchev–Trinajstić information content (AvgIpc) is 2.30. The number of hydrogen-bond acceptors (Lipinski definition) is 1. The minimum atomic E-state index is -0.375. The minimum Gasteiger partial charge on any atom is -0.520 e. The van der Waals surface area contributed by atoms with Gasteiger partial charge in [-0.05, 0) is 18.9 Å². The predicted octanol–water partition coefficient (Wildman–Crippen LogP) is 1.83. The molecule has 3 unspecified atom stereocenters. The maximum atomic E-state index is 3.94. The molecule has 0 aromatic heterocycles. The summed E-state index contributed by atoms with van der Waals surface area (Å²) < 4.78 is 0. The lowest BCUT2D eigenvalue weighted by Gasteiger charge is -2.51. The van der Waals surface area contributed by atoms with Crippen molar-refractivity contribution < 1.29 is 5.23 Å². The number of hydrogen-bond donors (Lipinski definition) is 2. The van der Waals surface area contributed by atoms with Crippen LogP contribution in [0.25, 0.3) is 0 Å². The first-order valence-electron chi connectivity index (χ1n) is 6.95. The molecular weight excluding hydrogens is 183 g/mol. The summed E-state index contributed by atoms with van der Waals surface area (Å²) in [6.45, 7) is 11.7. The van der Waals surface area contributed by atoms with E-state index in [2.05, 4.69) is 45.1 Å². The summed E-state index contributed by atoms with van der Waals surface area (Å²) in [6.07, 6.45) is 4.78. The van der Waals surface area contributed by atoms with Gasteiger partial charge in [0.25, 0.3) is 6.42 Å². The van der Waals surface area contributed by atoms with E-state index in [0.29, 0.717) is 0 Å². The maximum absolute atomic E-state index is 3.94. The maximum Gasteiger partial charge on any atom is 0.273 e. The van der Waals surface area contributed by atoms with Crippen LogP contribution in [0.15, 0.2) is 0 Å². The molecule has 3 N–H and O–H groups in total. The van der Waals surface area contributed by atoms with Gasteiger partial charge in [-0.1, -0.05) is 34.6 Å². The summed E-state index contributed by atoms with van der Waals surface area (Å²) in [7, 11) is 0. The van der Waals surface area contributed by atoms with Gasteiger partial charge in [-0.25, -0.2) is 0 Å². The number of rotatable bonds is 4. The Morgan fingerprint density at radius 3 is 2.07 bits per heavy atom. The molecule has 1 saturated heterocycles. The highest BCUT2D eigenvalue weighted by Gasteiger charge is 2.40. The van der Waals surface area contributed by atoms with Crippen LogP contribution >= 0.6 is 0 Å². The van der Waals surface area contributed by atoms with E-state index < -0.39 is 0 Å². The zero-order valence-corrected chi connectivity index (χ0v) is 11.2. The third kappa shape index (κ3) is 2.56. The molecule has 0 aromatic carbocycles. The fourth-order valence-corrected chi connectivity index (χ4v) is 3.37. The summed E-state index contributed by atoms with van der Waals surface area (Å²) in [6, 6.07) is 1.57. The lowest BCUT2D eigenvalue weighted by Crippen LogP contribution is -3.11. The largest absolute Gasteiger partial charge is 0.520 e. The molecule has 1 rings (SSSR count). The molecule has 90 valence electrons. The Balaban J connectivity index is 2.79. The van der Waals surface area contributed by atoms with E-state index in [4.69, 9.17) is 0 Å². The molecule has 1 aliphatic heterocycles. The Labute approximate surface area is 95.6 Å². The van der Waals surface area contributed by atoms with Crippen molar-refractivity contribution in [2.75, 3.05) is 0 Å². The van der Waals surface area contributed by atoms with Gasteiger partial charge in [-0.3, -0.25) is 0 Å². The molecule has 15 heavy (non-hydrogen) atoms. The third-order valence-electron chi connectivity index (χ3n) is 4.84.